The molecule has 2 atom stereocenters. The summed E-state index contributed by atoms with van der Waals surface area (Å²) in [5, 5.41) is 0. The van der Waals surface area contributed by atoms with Crippen molar-refractivity contribution in [2.75, 3.05) is 11.4 Å². The van der Waals surface area contributed by atoms with Crippen molar-refractivity contribution in [1.82, 2.24) is 0 Å². The Labute approximate surface area is 197 Å². The van der Waals surface area contributed by atoms with Crippen LogP contribution in [0.1, 0.15) is 29.0 Å². The summed E-state index contributed by atoms with van der Waals surface area (Å²) in [7, 11) is 0. The molecular weight excluding hydrogens is 398 g/mol. The molecule has 33 heavy (non-hydrogen) atoms. The molecule has 1 aliphatic rings. The van der Waals surface area contributed by atoms with Crippen LogP contribution in [-0.2, 0) is 5.54 Å². The first kappa shape index (κ1) is 20.9. The zero-order valence-corrected chi connectivity index (χ0v) is 18.6. The molecule has 0 spiro atoms. The Kier molecular flexibility index (Phi) is 6.09. The van der Waals surface area contributed by atoms with Gasteiger partial charge in [-0.3, -0.25) is 0 Å². The van der Waals surface area contributed by atoms with E-state index in [1.807, 2.05) is 6.07 Å². The van der Waals surface area contributed by atoms with E-state index >= 15 is 0 Å². The molecule has 0 aromatic heterocycles. The average Bonchev–Trinajstić information content (AvgIpc) is 3.64. The van der Waals surface area contributed by atoms with E-state index in [1.165, 1.54) is 22.4 Å². The monoisotopic (exact) mass is 425 g/mol. The normalized spacial score (nSPS) is 17.9. The molecule has 0 radical (unpaired) electrons. The fraction of sp³-hybridized carbons (Fsp3) is 0.125. The zero-order chi connectivity index (χ0) is 22.3. The highest BCUT2D eigenvalue weighted by Gasteiger charge is 2.52. The summed E-state index contributed by atoms with van der Waals surface area (Å²) in [5.41, 5.74) is 4.69. The molecular formula is C32H27N. The minimum absolute atomic E-state index is 0.143. The third kappa shape index (κ3) is 4.76. The molecule has 1 aliphatic heterocycles. The number of nitrogens with zero attached hydrogens (tertiary/aromatic N) is 1. The van der Waals surface area contributed by atoms with E-state index in [2.05, 4.69) is 144 Å². The second-order valence-corrected chi connectivity index (χ2v) is 8.43. The molecule has 1 heterocycles. The highest BCUT2D eigenvalue weighted by Crippen LogP contribution is 2.46. The molecule has 4 aromatic carbocycles. The van der Waals surface area contributed by atoms with Crippen molar-refractivity contribution >= 4 is 11.8 Å². The summed E-state index contributed by atoms with van der Waals surface area (Å²) in [4.78, 5) is 2.40. The van der Waals surface area contributed by atoms with Gasteiger partial charge in [-0.05, 0) is 35.2 Å². The molecule has 0 bridgehead atoms. The molecule has 1 heteroatoms. The van der Waals surface area contributed by atoms with Gasteiger partial charge in [0.15, 0.2) is 0 Å². The number of hydrogen-bond acceptors (Lipinski definition) is 1. The van der Waals surface area contributed by atoms with Gasteiger partial charge in [0, 0.05) is 11.6 Å². The Morgan fingerprint density at radius 3 is 1.97 bits per heavy atom. The zero-order valence-electron chi connectivity index (χ0n) is 18.6. The highest BCUT2D eigenvalue weighted by molar-refractivity contribution is 5.65. The second kappa shape index (κ2) is 9.63. The topological polar surface area (TPSA) is 3.01 Å². The Balaban J connectivity index is 1.47. The number of rotatable bonds is 6. The number of benzene rings is 4. The first-order valence-corrected chi connectivity index (χ1v) is 11.5. The van der Waals surface area contributed by atoms with Crippen LogP contribution in [0.3, 0.4) is 0 Å². The minimum Gasteiger partial charge on any atom is -0.346 e. The first-order valence-electron chi connectivity index (χ1n) is 11.5. The van der Waals surface area contributed by atoms with Crippen molar-refractivity contribution in [2.45, 2.75) is 17.9 Å². The van der Waals surface area contributed by atoms with Gasteiger partial charge in [-0.15, -0.1) is 0 Å². The maximum absolute atomic E-state index is 3.72. The molecule has 0 aliphatic carbocycles. The van der Waals surface area contributed by atoms with Gasteiger partial charge in [0.05, 0.1) is 6.54 Å². The number of allylic oxidation sites excluding steroid dienone is 1. The van der Waals surface area contributed by atoms with Crippen LogP contribution in [0.15, 0.2) is 127 Å². The Morgan fingerprint density at radius 1 is 0.727 bits per heavy atom. The number of para-hydroxylation sites is 1. The third-order valence-corrected chi connectivity index (χ3v) is 6.20. The first-order chi connectivity index (χ1) is 16.4. The van der Waals surface area contributed by atoms with Crippen LogP contribution in [0.4, 0.5) is 5.69 Å². The summed E-state index contributed by atoms with van der Waals surface area (Å²) in [5.74, 6) is 7.55. The summed E-state index contributed by atoms with van der Waals surface area (Å²) in [6.45, 7) is 0.912. The van der Waals surface area contributed by atoms with Crippen LogP contribution >= 0.6 is 0 Å². The van der Waals surface area contributed by atoms with Crippen molar-refractivity contribution in [3.05, 3.63) is 144 Å². The molecule has 1 saturated heterocycles. The van der Waals surface area contributed by atoms with E-state index in [0.717, 1.165) is 13.0 Å². The van der Waals surface area contributed by atoms with E-state index in [4.69, 9.17) is 0 Å². The predicted molar refractivity (Wildman–Crippen MR) is 139 cm³/mol. The smallest absolute Gasteiger partial charge is 0.145 e. The van der Waals surface area contributed by atoms with Crippen molar-refractivity contribution in [3.63, 3.8) is 0 Å². The molecule has 2 unspecified atom stereocenters. The van der Waals surface area contributed by atoms with Crippen molar-refractivity contribution < 1.29 is 0 Å². The second-order valence-electron chi connectivity index (χ2n) is 8.43. The summed E-state index contributed by atoms with van der Waals surface area (Å²) in [6.07, 6.45) is 5.32. The van der Waals surface area contributed by atoms with E-state index in [-0.39, 0.29) is 11.5 Å². The van der Waals surface area contributed by atoms with Crippen molar-refractivity contribution in [1.29, 1.82) is 0 Å². The largest absolute Gasteiger partial charge is 0.346 e. The van der Waals surface area contributed by atoms with Crippen molar-refractivity contribution in [3.8, 4) is 11.8 Å². The van der Waals surface area contributed by atoms with Gasteiger partial charge in [-0.2, -0.15) is 0 Å². The molecule has 0 N–H and O–H groups in total. The van der Waals surface area contributed by atoms with Gasteiger partial charge in [0.2, 0.25) is 0 Å². The van der Waals surface area contributed by atoms with Crippen LogP contribution < -0.4 is 4.90 Å². The van der Waals surface area contributed by atoms with E-state index in [0.29, 0.717) is 0 Å². The van der Waals surface area contributed by atoms with Gasteiger partial charge < -0.3 is 4.90 Å². The average molecular weight is 426 g/mol. The minimum atomic E-state index is -0.265. The number of anilines is 1. The fourth-order valence-corrected chi connectivity index (χ4v) is 4.33. The Morgan fingerprint density at radius 2 is 1.30 bits per heavy atom. The van der Waals surface area contributed by atoms with Crippen LogP contribution in [0.2, 0.25) is 0 Å². The molecule has 0 amide bonds. The lowest BCUT2D eigenvalue weighted by Crippen LogP contribution is -2.14. The molecule has 160 valence electrons. The van der Waals surface area contributed by atoms with Gasteiger partial charge in [-0.1, -0.05) is 133 Å². The van der Waals surface area contributed by atoms with Gasteiger partial charge >= 0.3 is 0 Å². The quantitative estimate of drug-likeness (QED) is 0.231. The molecule has 5 rings (SSSR count). The summed E-state index contributed by atoms with van der Waals surface area (Å²) < 4.78 is 0. The lowest BCUT2D eigenvalue weighted by atomic mass is 9.93. The third-order valence-electron chi connectivity index (χ3n) is 6.20. The Hall–Kier alpha value is -4.02. The maximum atomic E-state index is 3.72. The fourth-order valence-electron chi connectivity index (χ4n) is 4.33. The molecule has 0 saturated carbocycles. The van der Waals surface area contributed by atoms with Gasteiger partial charge in [0.25, 0.3) is 0 Å². The lowest BCUT2D eigenvalue weighted by Gasteiger charge is -2.15. The van der Waals surface area contributed by atoms with Crippen LogP contribution in [0.25, 0.3) is 6.08 Å². The van der Waals surface area contributed by atoms with E-state index in [9.17, 15) is 0 Å². The van der Waals surface area contributed by atoms with Crippen LogP contribution in [-0.4, -0.2) is 6.54 Å². The molecule has 1 nitrogen and oxygen atoms in total. The lowest BCUT2D eigenvalue weighted by molar-refractivity contribution is 0.879. The molecule has 4 aromatic rings. The predicted octanol–water partition coefficient (Wildman–Crippen LogP) is 7.29. The van der Waals surface area contributed by atoms with Crippen LogP contribution in [0.5, 0.6) is 0 Å². The standard InChI is InChI=1S/C32H27N/c1-5-14-27(15-6-1)16-13-19-29(28-17-7-2-8-18-28)24-25-32(30-20-9-3-10-21-30)26-33(32)31-22-11-4-12-23-31/h1-18,20-23,29H,19,26H2/b16-13+. The van der Waals surface area contributed by atoms with E-state index in [1.54, 1.807) is 0 Å². The highest BCUT2D eigenvalue weighted by atomic mass is 15.4. The van der Waals surface area contributed by atoms with Crippen molar-refractivity contribution in [2.24, 2.45) is 0 Å². The van der Waals surface area contributed by atoms with E-state index < -0.39 is 0 Å². The SMILES string of the molecule is C(#CC1(c2ccccc2)CN1c1ccccc1)C(C/C=C/c1ccccc1)c1ccccc1. The Bertz CT molecular complexity index is 1250. The maximum Gasteiger partial charge on any atom is 0.145 e. The number of hydrogen-bond donors (Lipinski definition) is 0. The van der Waals surface area contributed by atoms with Gasteiger partial charge in [0.1, 0.15) is 5.54 Å². The van der Waals surface area contributed by atoms with Gasteiger partial charge in [-0.25, -0.2) is 0 Å². The summed E-state index contributed by atoms with van der Waals surface area (Å²) in [6, 6.07) is 42.4. The van der Waals surface area contributed by atoms with Crippen LogP contribution in [0, 0.1) is 11.8 Å². The summed E-state index contributed by atoms with van der Waals surface area (Å²) >= 11 is 0. The molecule has 1 fully saturated rings.